The molecule has 2 N–H and O–H groups in total. The molecular formula is C25H47N11+2. The Bertz CT molecular complexity index is 939. The number of aromatic amines is 2. The summed E-state index contributed by atoms with van der Waals surface area (Å²) in [6.07, 6.45) is 10.0. The molecular weight excluding hydrogens is 454 g/mol. The lowest BCUT2D eigenvalue weighted by molar-refractivity contribution is -0.733. The third kappa shape index (κ3) is 13.5. The molecule has 36 heavy (non-hydrogen) atoms. The van der Waals surface area contributed by atoms with Crippen LogP contribution >= 0.6 is 0 Å². The minimum absolute atomic E-state index is 0.822. The zero-order valence-corrected chi connectivity index (χ0v) is 23.9. The van der Waals surface area contributed by atoms with Gasteiger partial charge in [0.05, 0.1) is 11.9 Å². The molecule has 1 aliphatic rings. The molecule has 0 aromatic carbocycles. The molecule has 1 unspecified atom stereocenters. The van der Waals surface area contributed by atoms with Gasteiger partial charge in [-0.15, -0.1) is 4.68 Å². The number of nitrogens with zero attached hydrogens (tertiary/aromatic N) is 9. The molecule has 0 spiro atoms. The highest BCUT2D eigenvalue weighted by Crippen LogP contribution is 2.12. The summed E-state index contributed by atoms with van der Waals surface area (Å²) in [4.78, 5) is 10.2. The van der Waals surface area contributed by atoms with Crippen molar-refractivity contribution in [2.45, 2.75) is 47.5 Å². The van der Waals surface area contributed by atoms with Crippen LogP contribution in [0.15, 0.2) is 37.2 Å². The number of hydrogen-bond acceptors (Lipinski definition) is 5. The van der Waals surface area contributed by atoms with E-state index in [1.54, 1.807) is 22.0 Å². The summed E-state index contributed by atoms with van der Waals surface area (Å²) >= 11 is 0. The van der Waals surface area contributed by atoms with Crippen LogP contribution in [0.3, 0.4) is 0 Å². The molecule has 0 amide bonds. The van der Waals surface area contributed by atoms with Crippen LogP contribution in [0.2, 0.25) is 0 Å². The van der Waals surface area contributed by atoms with Crippen molar-refractivity contribution < 1.29 is 9.36 Å². The van der Waals surface area contributed by atoms with Gasteiger partial charge in [0.2, 0.25) is 12.0 Å². The quantitative estimate of drug-likeness (QED) is 0.358. The number of hydrogen-bond donors (Lipinski definition) is 2. The van der Waals surface area contributed by atoms with E-state index in [0.29, 0.717) is 0 Å². The lowest BCUT2D eigenvalue weighted by atomic mass is 10.0. The second-order valence-electron chi connectivity index (χ2n) is 9.26. The largest absolute Gasteiger partial charge is 0.315 e. The number of piperidine rings is 1. The van der Waals surface area contributed by atoms with Crippen LogP contribution in [0.25, 0.3) is 0 Å². The van der Waals surface area contributed by atoms with Gasteiger partial charge in [-0.2, -0.15) is 25.1 Å². The Morgan fingerprint density at radius 2 is 1.64 bits per heavy atom. The molecule has 1 saturated heterocycles. The van der Waals surface area contributed by atoms with Gasteiger partial charge in [-0.05, 0) is 57.2 Å². The molecule has 1 aliphatic heterocycles. The number of aromatic nitrogens is 10. The fourth-order valence-corrected chi connectivity index (χ4v) is 3.27. The molecule has 1 fully saturated rings. The van der Waals surface area contributed by atoms with E-state index < -0.39 is 0 Å². The maximum absolute atomic E-state index is 4.03. The first-order valence-corrected chi connectivity index (χ1v) is 12.3. The van der Waals surface area contributed by atoms with E-state index in [9.17, 15) is 0 Å². The summed E-state index contributed by atoms with van der Waals surface area (Å²) in [6.45, 7) is 12.8. The van der Waals surface area contributed by atoms with Crippen molar-refractivity contribution >= 4 is 0 Å². The monoisotopic (exact) mass is 501 g/mol. The normalized spacial score (nSPS) is 14.7. The maximum Gasteiger partial charge on any atom is 0.315 e. The van der Waals surface area contributed by atoms with Crippen molar-refractivity contribution in [3.63, 3.8) is 0 Å². The first-order chi connectivity index (χ1) is 17.0. The van der Waals surface area contributed by atoms with Crippen molar-refractivity contribution in [3.8, 4) is 0 Å². The van der Waals surface area contributed by atoms with Gasteiger partial charge in [0.1, 0.15) is 19.2 Å². The predicted octanol–water partition coefficient (Wildman–Crippen LogP) is 1.89. The highest BCUT2D eigenvalue weighted by Gasteiger charge is 2.11. The van der Waals surface area contributed by atoms with Gasteiger partial charge in [-0.25, -0.2) is 4.98 Å². The van der Waals surface area contributed by atoms with E-state index in [4.69, 9.17) is 0 Å². The third-order valence-corrected chi connectivity index (χ3v) is 5.53. The van der Waals surface area contributed by atoms with Crippen LogP contribution in [0, 0.1) is 33.6 Å². The van der Waals surface area contributed by atoms with E-state index in [-0.39, 0.29) is 0 Å². The van der Waals surface area contributed by atoms with Crippen molar-refractivity contribution in [3.05, 3.63) is 60.2 Å². The minimum Gasteiger partial charge on any atom is -0.306 e. The molecule has 0 saturated carbocycles. The summed E-state index contributed by atoms with van der Waals surface area (Å²) in [5.74, 6) is 2.76. The SMILES string of the molecule is CC1CCCN(C)C1.Cc1cc[nH][n+]1C.Cc1ccn(C)n1.Cc1nc[nH][n+]1C.Cc1ncn(C)n1. The molecule has 11 nitrogen and oxygen atoms in total. The Hall–Kier alpha value is -3.34. The number of nitrogens with one attached hydrogen (secondary N) is 2. The molecule has 0 aliphatic carbocycles. The molecule has 200 valence electrons. The van der Waals surface area contributed by atoms with E-state index in [1.165, 1.54) is 31.6 Å². The smallest absolute Gasteiger partial charge is 0.306 e. The summed E-state index contributed by atoms with van der Waals surface area (Å²) in [5.41, 5.74) is 2.32. The average Bonchev–Trinajstić information content (AvgIpc) is 3.58. The van der Waals surface area contributed by atoms with E-state index in [2.05, 4.69) is 56.2 Å². The lowest BCUT2D eigenvalue weighted by Crippen LogP contribution is -2.32. The predicted molar refractivity (Wildman–Crippen MR) is 141 cm³/mol. The van der Waals surface area contributed by atoms with Crippen LogP contribution in [-0.2, 0) is 28.2 Å². The van der Waals surface area contributed by atoms with Gasteiger partial charge >= 0.3 is 5.82 Å². The van der Waals surface area contributed by atoms with Gasteiger partial charge in [-0.3, -0.25) is 9.36 Å². The van der Waals surface area contributed by atoms with E-state index in [0.717, 1.165) is 23.3 Å². The Kier molecular flexibility index (Phi) is 13.9. The highest BCUT2D eigenvalue weighted by atomic mass is 15.3. The zero-order valence-electron chi connectivity index (χ0n) is 23.9. The summed E-state index contributed by atoms with van der Waals surface area (Å²) in [6, 6.07) is 4.00. The fourth-order valence-electron chi connectivity index (χ4n) is 3.27. The van der Waals surface area contributed by atoms with E-state index in [1.807, 2.05) is 82.9 Å². The van der Waals surface area contributed by atoms with Crippen LogP contribution in [0.4, 0.5) is 0 Å². The van der Waals surface area contributed by atoms with Crippen molar-refractivity contribution in [1.82, 2.24) is 44.6 Å². The molecule has 0 bridgehead atoms. The van der Waals surface area contributed by atoms with Crippen molar-refractivity contribution in [2.24, 2.45) is 34.1 Å². The summed E-state index contributed by atoms with van der Waals surface area (Å²) in [7, 11) is 9.86. The van der Waals surface area contributed by atoms with Crippen LogP contribution in [0.1, 0.15) is 42.8 Å². The van der Waals surface area contributed by atoms with Gasteiger partial charge in [-0.1, -0.05) is 6.92 Å². The average molecular weight is 502 g/mol. The lowest BCUT2D eigenvalue weighted by Gasteiger charge is -2.26. The zero-order chi connectivity index (χ0) is 27.1. The minimum atomic E-state index is 0.822. The van der Waals surface area contributed by atoms with Crippen LogP contribution in [0.5, 0.6) is 0 Å². The Morgan fingerprint density at radius 3 is 1.83 bits per heavy atom. The first-order valence-electron chi connectivity index (χ1n) is 12.3. The number of aryl methyl sites for hydroxylation is 8. The number of H-pyrrole nitrogens is 2. The fraction of sp³-hybridized carbons (Fsp3) is 0.600. The standard InChI is InChI=1S/C7H15N.2C5H8N2.2C4H7N3/c1-7-4-3-5-8(2)6-7;1-5-3-4-7(2)6-5;1-5-3-4-6-7(5)2;1-4-5-3-7(2)6-4;1-4-5-3-6-7(4)2/h7H,3-6H2,1-2H3;2*3-4H,1-2H3;2*3H,1-2H3/p+2. The van der Waals surface area contributed by atoms with Crippen molar-refractivity contribution in [2.75, 3.05) is 20.1 Å². The molecule has 5 heterocycles. The first kappa shape index (κ1) is 30.7. The molecule has 1 atom stereocenters. The Morgan fingerprint density at radius 1 is 0.917 bits per heavy atom. The maximum atomic E-state index is 4.03. The highest BCUT2D eigenvalue weighted by molar-refractivity contribution is 4.93. The molecule has 5 rings (SSSR count). The second kappa shape index (κ2) is 16.4. The van der Waals surface area contributed by atoms with Crippen molar-refractivity contribution in [1.29, 1.82) is 0 Å². The molecule has 4 aromatic rings. The Balaban J connectivity index is 0.000000225. The van der Waals surface area contributed by atoms with Gasteiger partial charge in [0.25, 0.3) is 0 Å². The van der Waals surface area contributed by atoms with E-state index >= 15 is 0 Å². The molecule has 0 radical (unpaired) electrons. The molecule has 11 heteroatoms. The number of likely N-dealkylation sites (tertiary alicyclic amines) is 1. The van der Waals surface area contributed by atoms with Gasteiger partial charge in [0, 0.05) is 46.8 Å². The number of rotatable bonds is 0. The Labute approximate surface area is 216 Å². The van der Waals surface area contributed by atoms with Gasteiger partial charge in [0.15, 0.2) is 7.05 Å². The topological polar surface area (TPSA) is 104 Å². The summed E-state index contributed by atoms with van der Waals surface area (Å²) < 4.78 is 7.27. The summed E-state index contributed by atoms with van der Waals surface area (Å²) in [5, 5.41) is 13.8. The van der Waals surface area contributed by atoms with Gasteiger partial charge < -0.3 is 4.90 Å². The molecule has 4 aromatic heterocycles. The second-order valence-corrected chi connectivity index (χ2v) is 9.26. The third-order valence-electron chi connectivity index (χ3n) is 5.53. The van der Waals surface area contributed by atoms with Crippen LogP contribution < -0.4 is 9.36 Å². The van der Waals surface area contributed by atoms with Crippen LogP contribution in [-0.4, -0.2) is 64.8 Å².